The van der Waals surface area contributed by atoms with E-state index in [2.05, 4.69) is 15.6 Å². The smallest absolute Gasteiger partial charge is 0.407 e. The van der Waals surface area contributed by atoms with E-state index < -0.39 is 29.6 Å². The summed E-state index contributed by atoms with van der Waals surface area (Å²) in [6, 6.07) is 15.0. The second kappa shape index (κ2) is 9.64. The molecule has 9 heteroatoms. The molecule has 176 valence electrons. The molecule has 2 amide bonds. The molecular weight excluding hydrogens is 454 g/mol. The number of thiazole rings is 1. The zero-order valence-corrected chi connectivity index (χ0v) is 19.6. The summed E-state index contributed by atoms with van der Waals surface area (Å²) in [5.41, 5.74) is 4.53. The maximum absolute atomic E-state index is 12.9. The Labute approximate surface area is 201 Å². The van der Waals surface area contributed by atoms with Crippen LogP contribution in [-0.4, -0.2) is 46.2 Å². The van der Waals surface area contributed by atoms with Crippen molar-refractivity contribution in [2.24, 2.45) is 0 Å². The van der Waals surface area contributed by atoms with Gasteiger partial charge < -0.3 is 20.5 Å². The number of hydrogen-bond acceptors (Lipinski definition) is 6. The quantitative estimate of drug-likeness (QED) is 0.455. The number of ether oxygens (including phenoxy) is 1. The molecule has 1 heterocycles. The van der Waals surface area contributed by atoms with Crippen molar-refractivity contribution in [2.45, 2.75) is 37.8 Å². The summed E-state index contributed by atoms with van der Waals surface area (Å²) in [5, 5.41) is 14.4. The van der Waals surface area contributed by atoms with Crippen molar-refractivity contribution < 1.29 is 24.2 Å². The van der Waals surface area contributed by atoms with Gasteiger partial charge in [-0.05, 0) is 36.1 Å². The van der Waals surface area contributed by atoms with Gasteiger partial charge >= 0.3 is 12.1 Å². The van der Waals surface area contributed by atoms with Crippen LogP contribution in [0.1, 0.15) is 35.8 Å². The fraction of sp³-hybridized carbons (Fsp3) is 0.280. The molecular formula is C25H25N3O5S. The molecule has 0 fully saturated rings. The number of rotatable bonds is 8. The molecule has 0 bridgehead atoms. The highest BCUT2D eigenvalue weighted by Crippen LogP contribution is 2.44. The van der Waals surface area contributed by atoms with Crippen LogP contribution in [0.15, 0.2) is 60.2 Å². The number of alkyl carbamates (subject to hydrolysis) is 1. The number of nitrogens with zero attached hydrogens (tertiary/aromatic N) is 1. The molecule has 0 aliphatic heterocycles. The van der Waals surface area contributed by atoms with Gasteiger partial charge in [0, 0.05) is 23.4 Å². The molecule has 4 rings (SSSR count). The van der Waals surface area contributed by atoms with E-state index in [1.165, 1.54) is 25.2 Å². The van der Waals surface area contributed by atoms with Gasteiger partial charge in [0.25, 0.3) is 0 Å². The van der Waals surface area contributed by atoms with E-state index in [1.54, 1.807) is 11.7 Å². The Balaban J connectivity index is 1.46. The minimum absolute atomic E-state index is 0.107. The monoisotopic (exact) mass is 479 g/mol. The predicted octanol–water partition coefficient (Wildman–Crippen LogP) is 3.57. The molecule has 1 aliphatic carbocycles. The molecule has 3 N–H and O–H groups in total. The normalized spacial score (nSPS) is 13.5. The number of carboxylic acids is 1. The Bertz CT molecular complexity index is 1160. The summed E-state index contributed by atoms with van der Waals surface area (Å²) in [6.45, 7) is 2.87. The van der Waals surface area contributed by atoms with Gasteiger partial charge in [-0.3, -0.25) is 9.78 Å². The van der Waals surface area contributed by atoms with Crippen molar-refractivity contribution in [3.05, 3.63) is 76.2 Å². The van der Waals surface area contributed by atoms with Crippen LogP contribution in [0.4, 0.5) is 4.79 Å². The van der Waals surface area contributed by atoms with E-state index >= 15 is 0 Å². The predicted molar refractivity (Wildman–Crippen MR) is 128 cm³/mol. The third kappa shape index (κ3) is 4.94. The van der Waals surface area contributed by atoms with E-state index in [0.29, 0.717) is 0 Å². The maximum Gasteiger partial charge on any atom is 0.407 e. The van der Waals surface area contributed by atoms with E-state index in [4.69, 9.17) is 4.74 Å². The lowest BCUT2D eigenvalue weighted by Crippen LogP contribution is -2.57. The lowest BCUT2D eigenvalue weighted by Gasteiger charge is -2.25. The fourth-order valence-electron chi connectivity index (χ4n) is 3.98. The van der Waals surface area contributed by atoms with Crippen LogP contribution >= 0.6 is 11.3 Å². The Morgan fingerprint density at radius 2 is 1.71 bits per heavy atom. The third-order valence-corrected chi connectivity index (χ3v) is 6.61. The first kappa shape index (κ1) is 23.4. The Kier molecular flexibility index (Phi) is 6.65. The molecule has 0 saturated heterocycles. The number of aromatic nitrogens is 1. The third-order valence-electron chi connectivity index (χ3n) is 5.81. The van der Waals surface area contributed by atoms with Crippen LogP contribution in [0.25, 0.3) is 11.1 Å². The molecule has 1 aromatic heterocycles. The Morgan fingerprint density at radius 3 is 2.26 bits per heavy atom. The van der Waals surface area contributed by atoms with Crippen LogP contribution in [0.5, 0.6) is 0 Å². The van der Waals surface area contributed by atoms with Gasteiger partial charge in [-0.2, -0.15) is 0 Å². The highest BCUT2D eigenvalue weighted by atomic mass is 32.1. The van der Waals surface area contributed by atoms with E-state index in [9.17, 15) is 19.5 Å². The number of amides is 2. The van der Waals surface area contributed by atoms with Gasteiger partial charge in [0.05, 0.1) is 5.51 Å². The minimum Gasteiger partial charge on any atom is -0.480 e. The van der Waals surface area contributed by atoms with Crippen molar-refractivity contribution in [3.63, 3.8) is 0 Å². The summed E-state index contributed by atoms with van der Waals surface area (Å²) in [7, 11) is 0. The van der Waals surface area contributed by atoms with Gasteiger partial charge in [0.1, 0.15) is 18.2 Å². The number of hydrogen-bond donors (Lipinski definition) is 3. The highest BCUT2D eigenvalue weighted by Gasteiger charge is 2.34. The lowest BCUT2D eigenvalue weighted by atomic mass is 9.98. The number of nitrogens with one attached hydrogen (secondary N) is 2. The van der Waals surface area contributed by atoms with Crippen molar-refractivity contribution in [1.82, 2.24) is 15.6 Å². The molecule has 1 atom stereocenters. The zero-order valence-electron chi connectivity index (χ0n) is 18.8. The molecule has 2 aromatic carbocycles. The Hall–Kier alpha value is -3.72. The van der Waals surface area contributed by atoms with E-state index in [0.717, 1.165) is 27.1 Å². The summed E-state index contributed by atoms with van der Waals surface area (Å²) < 4.78 is 5.56. The molecule has 1 unspecified atom stereocenters. The van der Waals surface area contributed by atoms with Crippen molar-refractivity contribution in [3.8, 4) is 11.1 Å². The first-order chi connectivity index (χ1) is 16.3. The number of aliphatic carboxylic acids is 1. The van der Waals surface area contributed by atoms with Gasteiger partial charge in [0.15, 0.2) is 0 Å². The fourth-order valence-corrected chi connectivity index (χ4v) is 4.63. The molecule has 0 radical (unpaired) electrons. The summed E-state index contributed by atoms with van der Waals surface area (Å²) in [5.74, 6) is -1.91. The lowest BCUT2D eigenvalue weighted by molar-refractivity contribution is -0.146. The van der Waals surface area contributed by atoms with Gasteiger partial charge in [-0.1, -0.05) is 48.5 Å². The number of carbonyl (C=O) groups excluding carboxylic acids is 2. The largest absolute Gasteiger partial charge is 0.480 e. The second-order valence-electron chi connectivity index (χ2n) is 8.61. The average molecular weight is 480 g/mol. The summed E-state index contributed by atoms with van der Waals surface area (Å²) >= 11 is 1.34. The zero-order chi connectivity index (χ0) is 24.3. The molecule has 3 aromatic rings. The van der Waals surface area contributed by atoms with Crippen LogP contribution < -0.4 is 10.6 Å². The van der Waals surface area contributed by atoms with Gasteiger partial charge in [0.2, 0.25) is 5.91 Å². The number of benzene rings is 2. The molecule has 8 nitrogen and oxygen atoms in total. The number of carboxylic acid groups (broad SMARTS) is 1. The van der Waals surface area contributed by atoms with E-state index in [1.807, 2.05) is 48.5 Å². The van der Waals surface area contributed by atoms with Crippen LogP contribution in [0.3, 0.4) is 0 Å². The minimum atomic E-state index is -1.49. The van der Waals surface area contributed by atoms with Crippen LogP contribution in [-0.2, 0) is 20.7 Å². The standard InChI is InChI=1S/C25H25N3O5S/c1-25(2,23(30)31)28-22(29)21(11-15-12-26-14-34-15)27-24(32)33-13-20-18-9-5-3-7-16(18)17-8-4-6-10-19(17)20/h3-10,12,14,20-21H,11,13H2,1-2H3,(H,27,32)(H,28,29)(H,30,31). The van der Waals surface area contributed by atoms with Gasteiger partial charge in [-0.15, -0.1) is 11.3 Å². The van der Waals surface area contributed by atoms with Gasteiger partial charge in [-0.25, -0.2) is 9.59 Å². The topological polar surface area (TPSA) is 118 Å². The number of fused-ring (bicyclic) bond motifs is 3. The van der Waals surface area contributed by atoms with Crippen LogP contribution in [0, 0.1) is 0 Å². The van der Waals surface area contributed by atoms with E-state index in [-0.39, 0.29) is 18.9 Å². The average Bonchev–Trinajstić information content (AvgIpc) is 3.43. The Morgan fingerprint density at radius 1 is 1.09 bits per heavy atom. The molecule has 34 heavy (non-hydrogen) atoms. The first-order valence-electron chi connectivity index (χ1n) is 10.8. The summed E-state index contributed by atoms with van der Waals surface area (Å²) in [6.07, 6.45) is 1.02. The van der Waals surface area contributed by atoms with Crippen molar-refractivity contribution in [1.29, 1.82) is 0 Å². The maximum atomic E-state index is 12.9. The highest BCUT2D eigenvalue weighted by molar-refractivity contribution is 7.09. The van der Waals surface area contributed by atoms with Crippen LogP contribution in [0.2, 0.25) is 0 Å². The molecule has 0 saturated carbocycles. The molecule has 1 aliphatic rings. The van der Waals surface area contributed by atoms with Crippen molar-refractivity contribution >= 4 is 29.3 Å². The van der Waals surface area contributed by atoms with Crippen molar-refractivity contribution in [2.75, 3.05) is 6.61 Å². The SMILES string of the molecule is CC(C)(NC(=O)C(Cc1cncs1)NC(=O)OCC1c2ccccc2-c2ccccc21)C(=O)O. The number of carbonyl (C=O) groups is 3. The first-order valence-corrected chi connectivity index (χ1v) is 11.7. The second-order valence-corrected chi connectivity index (χ2v) is 9.58. The molecule has 0 spiro atoms. The summed E-state index contributed by atoms with van der Waals surface area (Å²) in [4.78, 5) is 41.8.